The number of hydrogen-bond acceptors (Lipinski definition) is 4. The summed E-state index contributed by atoms with van der Waals surface area (Å²) in [6.07, 6.45) is 3.84. The van der Waals surface area contributed by atoms with Gasteiger partial charge in [-0.25, -0.2) is 0 Å². The maximum Gasteiger partial charge on any atom is 0.306 e. The van der Waals surface area contributed by atoms with Gasteiger partial charge in [0.05, 0.1) is 18.6 Å². The first-order valence-electron chi connectivity index (χ1n) is 7.16. The average molecular weight is 278 g/mol. The second-order valence-electron chi connectivity index (χ2n) is 5.76. The predicted octanol–water partition coefficient (Wildman–Crippen LogP) is 1.27. The number of aliphatic hydroxyl groups excluding tert-OH is 2. The Bertz CT molecular complexity index is 445. The third-order valence-electron chi connectivity index (χ3n) is 4.29. The molecule has 1 aliphatic carbocycles. The highest BCUT2D eigenvalue weighted by molar-refractivity contribution is 5.72. The van der Waals surface area contributed by atoms with Crippen LogP contribution in [0.4, 0.5) is 0 Å². The van der Waals surface area contributed by atoms with E-state index in [-0.39, 0.29) is 29.8 Å². The van der Waals surface area contributed by atoms with Crippen molar-refractivity contribution in [3.8, 4) is 11.8 Å². The van der Waals surface area contributed by atoms with Gasteiger partial charge in [-0.3, -0.25) is 4.79 Å². The number of hydrogen-bond donors (Lipinski definition) is 2. The molecular weight excluding hydrogens is 256 g/mol. The summed E-state index contributed by atoms with van der Waals surface area (Å²) in [5, 5.41) is 20.1. The van der Waals surface area contributed by atoms with Gasteiger partial charge in [-0.2, -0.15) is 0 Å². The van der Waals surface area contributed by atoms with Gasteiger partial charge in [0, 0.05) is 24.7 Å². The Morgan fingerprint density at radius 2 is 2.30 bits per heavy atom. The highest BCUT2D eigenvalue weighted by atomic mass is 16.6. The van der Waals surface area contributed by atoms with E-state index < -0.39 is 12.2 Å². The fourth-order valence-corrected chi connectivity index (χ4v) is 3.00. The number of carbonyl (C=O) groups excluding carboxylic acids is 1. The second-order valence-corrected chi connectivity index (χ2v) is 5.76. The van der Waals surface area contributed by atoms with Crippen LogP contribution in [0.2, 0.25) is 0 Å². The summed E-state index contributed by atoms with van der Waals surface area (Å²) in [5.41, 5.74) is 0. The zero-order chi connectivity index (χ0) is 14.7. The van der Waals surface area contributed by atoms with Crippen molar-refractivity contribution in [3.05, 3.63) is 12.2 Å². The fourth-order valence-electron chi connectivity index (χ4n) is 3.00. The zero-order valence-electron chi connectivity index (χ0n) is 12.0. The van der Waals surface area contributed by atoms with Gasteiger partial charge in [-0.1, -0.05) is 19.1 Å². The third-order valence-corrected chi connectivity index (χ3v) is 4.29. The van der Waals surface area contributed by atoms with Crippen LogP contribution in [0, 0.1) is 29.6 Å². The van der Waals surface area contributed by atoms with Crippen molar-refractivity contribution in [1.29, 1.82) is 0 Å². The van der Waals surface area contributed by atoms with E-state index in [9.17, 15) is 15.0 Å². The summed E-state index contributed by atoms with van der Waals surface area (Å²) < 4.78 is 5.18. The number of ether oxygens (including phenoxy) is 1. The molecule has 0 spiro atoms. The minimum absolute atomic E-state index is 0.0479. The lowest BCUT2D eigenvalue weighted by Gasteiger charge is -2.17. The third kappa shape index (κ3) is 3.23. The van der Waals surface area contributed by atoms with Crippen LogP contribution in [0.1, 0.15) is 33.1 Å². The van der Waals surface area contributed by atoms with E-state index in [1.165, 1.54) is 0 Å². The van der Waals surface area contributed by atoms with Crippen LogP contribution in [-0.4, -0.2) is 34.5 Å². The monoisotopic (exact) mass is 278 g/mol. The molecule has 1 saturated carbocycles. The normalized spacial score (nSPS) is 35.3. The fraction of sp³-hybridized carbons (Fsp3) is 0.688. The molecule has 1 heterocycles. The zero-order valence-corrected chi connectivity index (χ0v) is 12.0. The Morgan fingerprint density at radius 3 is 3.00 bits per heavy atom. The highest BCUT2D eigenvalue weighted by Crippen LogP contribution is 2.42. The largest absolute Gasteiger partial charge is 0.462 e. The molecule has 2 rings (SSSR count). The molecule has 0 aromatic rings. The topological polar surface area (TPSA) is 66.8 Å². The first kappa shape index (κ1) is 15.1. The van der Waals surface area contributed by atoms with Gasteiger partial charge >= 0.3 is 5.97 Å². The van der Waals surface area contributed by atoms with Crippen molar-refractivity contribution >= 4 is 5.97 Å². The molecule has 2 N–H and O–H groups in total. The highest BCUT2D eigenvalue weighted by Gasteiger charge is 2.48. The van der Waals surface area contributed by atoms with Crippen molar-refractivity contribution < 1.29 is 19.7 Å². The molecule has 20 heavy (non-hydrogen) atoms. The van der Waals surface area contributed by atoms with Crippen LogP contribution in [0.25, 0.3) is 0 Å². The summed E-state index contributed by atoms with van der Waals surface area (Å²) in [5.74, 6) is 5.57. The van der Waals surface area contributed by atoms with Gasteiger partial charge < -0.3 is 14.9 Å². The van der Waals surface area contributed by atoms with E-state index in [0.29, 0.717) is 19.3 Å². The van der Waals surface area contributed by atoms with E-state index in [1.807, 2.05) is 13.0 Å². The molecule has 4 nitrogen and oxygen atoms in total. The van der Waals surface area contributed by atoms with Crippen LogP contribution in [0.15, 0.2) is 12.2 Å². The number of esters is 1. The van der Waals surface area contributed by atoms with Gasteiger partial charge in [0.2, 0.25) is 0 Å². The lowest BCUT2D eigenvalue weighted by Crippen LogP contribution is -2.20. The second kappa shape index (κ2) is 6.43. The number of carbonyl (C=O) groups is 1. The average Bonchev–Trinajstić information content (AvgIpc) is 2.88. The van der Waals surface area contributed by atoms with Crippen LogP contribution in [-0.2, 0) is 9.53 Å². The lowest BCUT2D eigenvalue weighted by atomic mass is 9.90. The van der Waals surface area contributed by atoms with Crippen molar-refractivity contribution in [1.82, 2.24) is 0 Å². The molecule has 0 aromatic heterocycles. The summed E-state index contributed by atoms with van der Waals surface area (Å²) in [7, 11) is 0. The van der Waals surface area contributed by atoms with Crippen molar-refractivity contribution in [3.63, 3.8) is 0 Å². The summed E-state index contributed by atoms with van der Waals surface area (Å²) in [6.45, 7) is 3.72. The molecule has 110 valence electrons. The first-order valence-corrected chi connectivity index (χ1v) is 7.16. The Morgan fingerprint density at radius 1 is 1.55 bits per heavy atom. The van der Waals surface area contributed by atoms with Gasteiger partial charge in [0.1, 0.15) is 6.10 Å². The maximum absolute atomic E-state index is 11.3. The van der Waals surface area contributed by atoms with E-state index in [0.717, 1.165) is 0 Å². The van der Waals surface area contributed by atoms with Gasteiger partial charge in [-0.05, 0) is 12.8 Å². The van der Waals surface area contributed by atoms with Gasteiger partial charge in [0.25, 0.3) is 0 Å². The van der Waals surface area contributed by atoms with Gasteiger partial charge in [-0.15, -0.1) is 11.8 Å². The predicted molar refractivity (Wildman–Crippen MR) is 74.5 cm³/mol. The molecule has 2 fully saturated rings. The van der Waals surface area contributed by atoms with Crippen molar-refractivity contribution in [2.45, 2.75) is 51.4 Å². The summed E-state index contributed by atoms with van der Waals surface area (Å²) in [6, 6.07) is 0. The molecule has 1 aliphatic heterocycles. The minimum atomic E-state index is -0.583. The molecule has 0 radical (unpaired) electrons. The molecule has 0 amide bonds. The summed E-state index contributed by atoms with van der Waals surface area (Å²) in [4.78, 5) is 11.3. The van der Waals surface area contributed by atoms with Crippen LogP contribution in [0.3, 0.4) is 0 Å². The van der Waals surface area contributed by atoms with Crippen LogP contribution >= 0.6 is 0 Å². The van der Waals surface area contributed by atoms with Gasteiger partial charge in [0.15, 0.2) is 0 Å². The minimum Gasteiger partial charge on any atom is -0.462 e. The first-order chi connectivity index (χ1) is 9.52. The molecular formula is C16H22O4. The Labute approximate surface area is 119 Å². The molecule has 0 aromatic carbocycles. The van der Waals surface area contributed by atoms with E-state index in [4.69, 9.17) is 4.74 Å². The maximum atomic E-state index is 11.3. The van der Waals surface area contributed by atoms with Crippen LogP contribution < -0.4 is 0 Å². The Kier molecular flexibility index (Phi) is 4.85. The number of rotatable bonds is 4. The summed E-state index contributed by atoms with van der Waals surface area (Å²) >= 11 is 0. The molecule has 6 atom stereocenters. The lowest BCUT2D eigenvalue weighted by molar-refractivity contribution is -0.141. The molecule has 4 heteroatoms. The molecule has 2 aliphatic rings. The standard InChI is InChI=1S/C16H22O4/c1-3-4-5-10(2)13(17)7-6-11-12-8-16(19)20-15(12)9-14(11)18/h6-7,10-15,17-18H,5,8-9H2,1-2H3/t10?,11-,12-,13-,14-,15+/m1/s1. The molecule has 1 saturated heterocycles. The van der Waals surface area contributed by atoms with Crippen LogP contribution in [0.5, 0.6) is 0 Å². The number of fused-ring (bicyclic) bond motifs is 1. The Hall–Kier alpha value is -1.31. The van der Waals surface area contributed by atoms with E-state index in [2.05, 4.69) is 11.8 Å². The van der Waals surface area contributed by atoms with E-state index in [1.54, 1.807) is 13.0 Å². The quantitative estimate of drug-likeness (QED) is 0.461. The molecule has 1 unspecified atom stereocenters. The number of aliphatic hydroxyl groups is 2. The van der Waals surface area contributed by atoms with E-state index >= 15 is 0 Å². The SMILES string of the molecule is CC#CCC(C)[C@H](O)C=C[C@@H]1[C@H]2CC(=O)O[C@H]2C[C@H]1O. The van der Waals surface area contributed by atoms with Crippen molar-refractivity contribution in [2.75, 3.05) is 0 Å². The van der Waals surface area contributed by atoms with Crippen molar-refractivity contribution in [2.24, 2.45) is 17.8 Å². The molecule has 0 bridgehead atoms. The smallest absolute Gasteiger partial charge is 0.306 e. The Balaban J connectivity index is 1.95.